The molecule has 5 nitrogen and oxygen atoms in total. The normalized spacial score (nSPS) is 11.0. The highest BCUT2D eigenvalue weighted by molar-refractivity contribution is 7.18. The molecule has 0 unspecified atom stereocenters. The quantitative estimate of drug-likeness (QED) is 0.345. The van der Waals surface area contributed by atoms with Gasteiger partial charge in [0, 0.05) is 45.3 Å². The van der Waals surface area contributed by atoms with E-state index in [-0.39, 0.29) is 0 Å². The van der Waals surface area contributed by atoms with Gasteiger partial charge in [-0.2, -0.15) is 4.98 Å². The van der Waals surface area contributed by atoms with Gasteiger partial charge in [-0.3, -0.25) is 0 Å². The Morgan fingerprint density at radius 2 is 1.50 bits per heavy atom. The molecule has 32 heavy (non-hydrogen) atoms. The molecule has 0 radical (unpaired) electrons. The van der Waals surface area contributed by atoms with Crippen molar-refractivity contribution in [3.8, 4) is 11.1 Å². The average molecular weight is 446 g/mol. The average Bonchev–Trinajstić information content (AvgIpc) is 3.17. The third-order valence-electron chi connectivity index (χ3n) is 5.51. The molecule has 0 atom stereocenters. The minimum absolute atomic E-state index is 0.746. The molecule has 166 valence electrons. The molecule has 0 bridgehead atoms. The number of anilines is 3. The van der Waals surface area contributed by atoms with Crippen LogP contribution in [0.15, 0.2) is 54.6 Å². The predicted octanol–water partition coefficient (Wildman–Crippen LogP) is 5.84. The minimum Gasteiger partial charge on any atom is -0.378 e. The van der Waals surface area contributed by atoms with Crippen LogP contribution in [0.25, 0.3) is 21.3 Å². The molecule has 0 saturated carbocycles. The summed E-state index contributed by atoms with van der Waals surface area (Å²) in [5, 5.41) is 4.66. The fourth-order valence-electron chi connectivity index (χ4n) is 3.68. The molecule has 4 aromatic rings. The number of nitrogens with one attached hydrogen (secondary N) is 1. The van der Waals surface area contributed by atoms with E-state index in [0.717, 1.165) is 41.4 Å². The van der Waals surface area contributed by atoms with Gasteiger partial charge < -0.3 is 15.1 Å². The summed E-state index contributed by atoms with van der Waals surface area (Å²) in [6.45, 7) is 2.99. The highest BCUT2D eigenvalue weighted by atomic mass is 32.1. The van der Waals surface area contributed by atoms with Crippen molar-refractivity contribution in [3.05, 3.63) is 65.0 Å². The molecule has 0 aliphatic rings. The van der Waals surface area contributed by atoms with E-state index in [9.17, 15) is 0 Å². The number of nitrogens with zero attached hydrogens (tertiary/aromatic N) is 4. The van der Waals surface area contributed by atoms with E-state index >= 15 is 0 Å². The number of thiophene rings is 1. The third kappa shape index (κ3) is 5.02. The first-order chi connectivity index (χ1) is 15.4. The number of rotatable bonds is 8. The second-order valence-corrected chi connectivity index (χ2v) is 9.75. The molecule has 0 spiro atoms. The number of aromatic nitrogens is 2. The van der Waals surface area contributed by atoms with Gasteiger partial charge in [0.2, 0.25) is 5.95 Å². The monoisotopic (exact) mass is 445 g/mol. The maximum absolute atomic E-state index is 4.73. The van der Waals surface area contributed by atoms with Gasteiger partial charge in [0.1, 0.15) is 10.6 Å². The summed E-state index contributed by atoms with van der Waals surface area (Å²) < 4.78 is 0. The van der Waals surface area contributed by atoms with Gasteiger partial charge >= 0.3 is 0 Å². The minimum atomic E-state index is 0.746. The van der Waals surface area contributed by atoms with E-state index in [1.807, 2.05) is 19.0 Å². The lowest BCUT2D eigenvalue weighted by atomic mass is 10.0. The van der Waals surface area contributed by atoms with Crippen LogP contribution in [0.5, 0.6) is 0 Å². The molecular weight excluding hydrogens is 414 g/mol. The molecule has 2 aromatic heterocycles. The molecule has 0 saturated heterocycles. The van der Waals surface area contributed by atoms with Crippen LogP contribution >= 0.6 is 11.3 Å². The van der Waals surface area contributed by atoms with Crippen LogP contribution < -0.4 is 15.1 Å². The standard InChI is InChI=1S/C26H31N5S/c1-18-17-23-24(28-26(31(4)5)29-25(23)32-18)27-16-6-7-19-8-10-20(11-9-19)21-12-14-22(15-13-21)30(2)3/h8-15,17H,6-7,16H2,1-5H3,(H,27,28,29). The second kappa shape index (κ2) is 9.57. The van der Waals surface area contributed by atoms with Crippen LogP contribution in [-0.4, -0.2) is 44.7 Å². The zero-order chi connectivity index (χ0) is 22.7. The zero-order valence-electron chi connectivity index (χ0n) is 19.5. The Bertz CT molecular complexity index is 1180. The Labute approximate surface area is 194 Å². The van der Waals surface area contributed by atoms with Gasteiger partial charge in [-0.1, -0.05) is 36.4 Å². The number of aryl methyl sites for hydroxylation is 2. The number of hydrogen-bond acceptors (Lipinski definition) is 6. The molecule has 2 heterocycles. The highest BCUT2D eigenvalue weighted by Gasteiger charge is 2.11. The second-order valence-electron chi connectivity index (χ2n) is 8.51. The molecule has 0 fully saturated rings. The molecule has 1 N–H and O–H groups in total. The van der Waals surface area contributed by atoms with E-state index < -0.39 is 0 Å². The van der Waals surface area contributed by atoms with Gasteiger partial charge in [0.05, 0.1) is 5.39 Å². The maximum atomic E-state index is 4.73. The zero-order valence-corrected chi connectivity index (χ0v) is 20.3. The highest BCUT2D eigenvalue weighted by Crippen LogP contribution is 2.30. The van der Waals surface area contributed by atoms with Crippen molar-refractivity contribution >= 4 is 39.0 Å². The summed E-state index contributed by atoms with van der Waals surface area (Å²) in [6, 6.07) is 19.8. The lowest BCUT2D eigenvalue weighted by Gasteiger charge is -2.13. The molecule has 4 rings (SSSR count). The Morgan fingerprint density at radius 3 is 2.12 bits per heavy atom. The summed E-state index contributed by atoms with van der Waals surface area (Å²) in [5.74, 6) is 1.68. The van der Waals surface area contributed by atoms with Crippen LogP contribution in [0.1, 0.15) is 16.9 Å². The van der Waals surface area contributed by atoms with Crippen LogP contribution in [0, 0.1) is 6.92 Å². The van der Waals surface area contributed by atoms with E-state index in [1.54, 1.807) is 11.3 Å². The van der Waals surface area contributed by atoms with Gasteiger partial charge in [0.15, 0.2) is 0 Å². The SMILES string of the molecule is Cc1cc2c(NCCCc3ccc(-c4ccc(N(C)C)cc4)cc3)nc(N(C)C)nc2s1. The Balaban J connectivity index is 1.36. The summed E-state index contributed by atoms with van der Waals surface area (Å²) in [7, 11) is 8.08. The van der Waals surface area contributed by atoms with Gasteiger partial charge in [-0.25, -0.2) is 4.98 Å². The van der Waals surface area contributed by atoms with E-state index in [1.165, 1.54) is 27.3 Å². The maximum Gasteiger partial charge on any atom is 0.228 e. The van der Waals surface area contributed by atoms with Crippen molar-refractivity contribution in [2.45, 2.75) is 19.8 Å². The smallest absolute Gasteiger partial charge is 0.228 e. The Kier molecular flexibility index (Phi) is 6.61. The summed E-state index contributed by atoms with van der Waals surface area (Å²) in [6.07, 6.45) is 2.08. The molecule has 2 aromatic carbocycles. The van der Waals surface area contributed by atoms with Crippen molar-refractivity contribution in [2.75, 3.05) is 49.9 Å². The van der Waals surface area contributed by atoms with Gasteiger partial charge in [-0.05, 0) is 54.7 Å². The molecule has 0 aliphatic carbocycles. The number of hydrogen-bond donors (Lipinski definition) is 1. The topological polar surface area (TPSA) is 44.3 Å². The van der Waals surface area contributed by atoms with Crippen LogP contribution in [0.2, 0.25) is 0 Å². The first-order valence-electron chi connectivity index (χ1n) is 11.0. The summed E-state index contributed by atoms with van der Waals surface area (Å²) in [4.78, 5) is 15.8. The van der Waals surface area contributed by atoms with Crippen molar-refractivity contribution in [1.82, 2.24) is 9.97 Å². The van der Waals surface area contributed by atoms with Gasteiger partial charge in [0.25, 0.3) is 0 Å². The summed E-state index contributed by atoms with van der Waals surface area (Å²) in [5.41, 5.74) is 5.08. The van der Waals surface area contributed by atoms with Crippen molar-refractivity contribution in [3.63, 3.8) is 0 Å². The Morgan fingerprint density at radius 1 is 0.844 bits per heavy atom. The lowest BCUT2D eigenvalue weighted by Crippen LogP contribution is -2.14. The first kappa shape index (κ1) is 22.1. The van der Waals surface area contributed by atoms with E-state index in [0.29, 0.717) is 0 Å². The Hall–Kier alpha value is -3.12. The fraction of sp³-hybridized carbons (Fsp3) is 0.308. The van der Waals surface area contributed by atoms with Crippen molar-refractivity contribution < 1.29 is 0 Å². The lowest BCUT2D eigenvalue weighted by molar-refractivity contribution is 0.858. The van der Waals surface area contributed by atoms with E-state index in [4.69, 9.17) is 4.98 Å². The molecular formula is C26H31N5S. The molecule has 0 aliphatic heterocycles. The van der Waals surface area contributed by atoms with Crippen molar-refractivity contribution in [2.24, 2.45) is 0 Å². The van der Waals surface area contributed by atoms with Crippen molar-refractivity contribution in [1.29, 1.82) is 0 Å². The molecule has 6 heteroatoms. The fourth-order valence-corrected chi connectivity index (χ4v) is 4.56. The van der Waals surface area contributed by atoms with Crippen LogP contribution in [0.3, 0.4) is 0 Å². The van der Waals surface area contributed by atoms with Gasteiger partial charge in [-0.15, -0.1) is 11.3 Å². The van der Waals surface area contributed by atoms with Crippen LogP contribution in [-0.2, 0) is 6.42 Å². The number of fused-ring (bicyclic) bond motifs is 1. The largest absolute Gasteiger partial charge is 0.378 e. The number of benzene rings is 2. The van der Waals surface area contributed by atoms with Crippen LogP contribution in [0.4, 0.5) is 17.5 Å². The predicted molar refractivity (Wildman–Crippen MR) is 139 cm³/mol. The summed E-state index contributed by atoms with van der Waals surface area (Å²) >= 11 is 1.72. The van der Waals surface area contributed by atoms with E-state index in [2.05, 4.69) is 90.8 Å². The first-order valence-corrected chi connectivity index (χ1v) is 11.8. The third-order valence-corrected chi connectivity index (χ3v) is 6.45. The molecule has 0 amide bonds.